The van der Waals surface area contributed by atoms with E-state index in [0.29, 0.717) is 17.1 Å². The van der Waals surface area contributed by atoms with E-state index in [1.54, 1.807) is 0 Å². The van der Waals surface area contributed by atoms with Gasteiger partial charge in [-0.15, -0.1) is 10.2 Å². The molecule has 1 saturated heterocycles. The van der Waals surface area contributed by atoms with Crippen molar-refractivity contribution in [3.63, 3.8) is 0 Å². The molecule has 1 aliphatic heterocycles. The summed E-state index contributed by atoms with van der Waals surface area (Å²) >= 11 is 1.48. The zero-order valence-electron chi connectivity index (χ0n) is 15.0. The van der Waals surface area contributed by atoms with Crippen molar-refractivity contribution >= 4 is 28.3 Å². The molecule has 0 spiro atoms. The number of piperidine rings is 1. The molecule has 1 N–H and O–H groups in total. The highest BCUT2D eigenvalue weighted by molar-refractivity contribution is 7.15. The lowest BCUT2D eigenvalue weighted by atomic mass is 9.90. The lowest BCUT2D eigenvalue weighted by Crippen LogP contribution is -2.42. The van der Waals surface area contributed by atoms with Gasteiger partial charge in [-0.25, -0.2) is 0 Å². The molecule has 0 radical (unpaired) electrons. The van der Waals surface area contributed by atoms with Gasteiger partial charge in [0.1, 0.15) is 5.01 Å². The average molecular weight is 365 g/mol. The second-order valence-electron chi connectivity index (χ2n) is 7.26. The van der Waals surface area contributed by atoms with Crippen molar-refractivity contribution in [2.24, 2.45) is 0 Å². The summed E-state index contributed by atoms with van der Waals surface area (Å²) in [5.41, 5.74) is 0. The number of nitrogens with zero attached hydrogens (tertiary/aromatic N) is 3. The molecule has 1 saturated carbocycles. The Labute approximate surface area is 153 Å². The molecule has 2 heterocycles. The molecule has 3 rings (SSSR count). The first-order valence-electron chi connectivity index (χ1n) is 9.56. The first-order chi connectivity index (χ1) is 12.1. The Kier molecular flexibility index (Phi) is 6.39. The minimum Gasteiger partial charge on any atom is -0.340 e. The number of rotatable bonds is 5. The summed E-state index contributed by atoms with van der Waals surface area (Å²) in [6.45, 7) is 2.91. The van der Waals surface area contributed by atoms with Crippen LogP contribution in [0.1, 0.15) is 82.1 Å². The average Bonchev–Trinajstić information content (AvgIpc) is 3.09. The van der Waals surface area contributed by atoms with Crippen LogP contribution < -0.4 is 5.32 Å². The smallest absolute Gasteiger partial charge is 0.226 e. The summed E-state index contributed by atoms with van der Waals surface area (Å²) in [6, 6.07) is 0.297. The molecule has 0 bridgehead atoms. The van der Waals surface area contributed by atoms with Crippen molar-refractivity contribution in [1.29, 1.82) is 0 Å². The van der Waals surface area contributed by atoms with Crippen molar-refractivity contribution in [2.45, 2.75) is 83.1 Å². The Hall–Kier alpha value is -1.50. The Balaban J connectivity index is 1.44. The van der Waals surface area contributed by atoms with Gasteiger partial charge in [-0.3, -0.25) is 9.59 Å². The number of hydrogen-bond donors (Lipinski definition) is 1. The van der Waals surface area contributed by atoms with Crippen LogP contribution in [0.15, 0.2) is 0 Å². The maximum Gasteiger partial charge on any atom is 0.226 e. The van der Waals surface area contributed by atoms with Gasteiger partial charge in [-0.2, -0.15) is 0 Å². The predicted octanol–water partition coefficient (Wildman–Crippen LogP) is 3.71. The number of nitrogens with one attached hydrogen (secondary N) is 1. The quantitative estimate of drug-likeness (QED) is 0.864. The minimum atomic E-state index is -0.149. The summed E-state index contributed by atoms with van der Waals surface area (Å²) in [7, 11) is 0. The Morgan fingerprint density at radius 1 is 1.08 bits per heavy atom. The second kappa shape index (κ2) is 8.74. The Morgan fingerprint density at radius 3 is 2.60 bits per heavy atom. The second-order valence-corrected chi connectivity index (χ2v) is 8.27. The van der Waals surface area contributed by atoms with E-state index in [-0.39, 0.29) is 24.7 Å². The summed E-state index contributed by atoms with van der Waals surface area (Å²) in [4.78, 5) is 26.3. The SMILES string of the molecule is C[C@@H]1CCCCN1C(=O)CCC(=O)Nc1nnc(C2CCCCC2)s1. The molecule has 25 heavy (non-hydrogen) atoms. The van der Waals surface area contributed by atoms with Gasteiger partial charge in [-0.1, -0.05) is 30.6 Å². The number of anilines is 1. The van der Waals surface area contributed by atoms with Crippen LogP contribution in [0.4, 0.5) is 5.13 Å². The minimum absolute atomic E-state index is 0.0857. The molecule has 2 fully saturated rings. The highest BCUT2D eigenvalue weighted by atomic mass is 32.1. The molecule has 1 aromatic rings. The summed E-state index contributed by atoms with van der Waals surface area (Å²) in [5, 5.41) is 12.8. The van der Waals surface area contributed by atoms with Gasteiger partial charge in [-0.05, 0) is 39.0 Å². The van der Waals surface area contributed by atoms with Crippen LogP contribution in [0, 0.1) is 0 Å². The van der Waals surface area contributed by atoms with Crippen molar-refractivity contribution in [3.8, 4) is 0 Å². The fourth-order valence-corrected chi connectivity index (χ4v) is 4.74. The van der Waals surface area contributed by atoms with E-state index in [1.807, 2.05) is 4.90 Å². The number of aromatic nitrogens is 2. The fraction of sp³-hybridized carbons (Fsp3) is 0.778. The molecule has 0 aromatic carbocycles. The lowest BCUT2D eigenvalue weighted by Gasteiger charge is -2.33. The van der Waals surface area contributed by atoms with Gasteiger partial charge < -0.3 is 10.2 Å². The molecule has 1 atom stereocenters. The molecule has 138 valence electrons. The summed E-state index contributed by atoms with van der Waals surface area (Å²) < 4.78 is 0. The van der Waals surface area contributed by atoms with E-state index in [9.17, 15) is 9.59 Å². The van der Waals surface area contributed by atoms with Crippen molar-refractivity contribution < 1.29 is 9.59 Å². The molecular formula is C18H28N4O2S. The molecule has 2 aliphatic rings. The maximum absolute atomic E-state index is 12.3. The van der Waals surface area contributed by atoms with Crippen LogP contribution >= 0.6 is 11.3 Å². The van der Waals surface area contributed by atoms with Crippen molar-refractivity contribution in [3.05, 3.63) is 5.01 Å². The third kappa shape index (κ3) is 5.00. The third-order valence-corrected chi connectivity index (χ3v) is 6.33. The van der Waals surface area contributed by atoms with E-state index >= 15 is 0 Å². The molecule has 0 unspecified atom stereocenters. The largest absolute Gasteiger partial charge is 0.340 e. The third-order valence-electron chi connectivity index (χ3n) is 5.33. The zero-order valence-corrected chi connectivity index (χ0v) is 15.8. The lowest BCUT2D eigenvalue weighted by molar-refractivity contribution is -0.135. The normalized spacial score (nSPS) is 22.0. The van der Waals surface area contributed by atoms with Gasteiger partial charge in [0.05, 0.1) is 0 Å². The predicted molar refractivity (Wildman–Crippen MR) is 98.6 cm³/mol. The molecule has 1 aromatic heterocycles. The topological polar surface area (TPSA) is 75.2 Å². The van der Waals surface area contributed by atoms with Gasteiger partial charge >= 0.3 is 0 Å². The standard InChI is InChI=1S/C18H28N4O2S/c1-13-7-5-6-12-22(13)16(24)11-10-15(23)19-18-21-20-17(25-18)14-8-3-2-4-9-14/h13-14H,2-12H2,1H3,(H,19,21,23)/t13-/m1/s1. The molecule has 7 heteroatoms. The highest BCUT2D eigenvalue weighted by Crippen LogP contribution is 2.35. The molecule has 1 aliphatic carbocycles. The van der Waals surface area contributed by atoms with E-state index in [1.165, 1.54) is 49.9 Å². The van der Waals surface area contributed by atoms with Gasteiger partial charge in [0, 0.05) is 31.3 Å². The van der Waals surface area contributed by atoms with Crippen molar-refractivity contribution in [2.75, 3.05) is 11.9 Å². The van der Waals surface area contributed by atoms with E-state index in [4.69, 9.17) is 0 Å². The molecular weight excluding hydrogens is 336 g/mol. The van der Waals surface area contributed by atoms with Crippen LogP contribution in [-0.2, 0) is 9.59 Å². The van der Waals surface area contributed by atoms with Gasteiger partial charge in [0.2, 0.25) is 16.9 Å². The number of amides is 2. The fourth-order valence-electron chi connectivity index (χ4n) is 3.81. The number of likely N-dealkylation sites (tertiary alicyclic amines) is 1. The zero-order chi connectivity index (χ0) is 17.6. The highest BCUT2D eigenvalue weighted by Gasteiger charge is 2.24. The van der Waals surface area contributed by atoms with E-state index < -0.39 is 0 Å². The Bertz CT molecular complexity index is 598. The van der Waals surface area contributed by atoms with Crippen LogP contribution in [0.5, 0.6) is 0 Å². The maximum atomic E-state index is 12.3. The van der Waals surface area contributed by atoms with Crippen LogP contribution in [0.2, 0.25) is 0 Å². The van der Waals surface area contributed by atoms with E-state index in [0.717, 1.165) is 24.4 Å². The van der Waals surface area contributed by atoms with Gasteiger partial charge in [0.25, 0.3) is 0 Å². The van der Waals surface area contributed by atoms with Crippen LogP contribution in [0.25, 0.3) is 0 Å². The van der Waals surface area contributed by atoms with Crippen LogP contribution in [0.3, 0.4) is 0 Å². The first kappa shape index (κ1) is 18.3. The molecule has 2 amide bonds. The number of carbonyl (C=O) groups is 2. The summed E-state index contributed by atoms with van der Waals surface area (Å²) in [6.07, 6.45) is 9.95. The van der Waals surface area contributed by atoms with Crippen molar-refractivity contribution in [1.82, 2.24) is 15.1 Å². The van der Waals surface area contributed by atoms with E-state index in [2.05, 4.69) is 22.4 Å². The van der Waals surface area contributed by atoms with Crippen LogP contribution in [-0.4, -0.2) is 39.5 Å². The molecule has 6 nitrogen and oxygen atoms in total. The first-order valence-corrected chi connectivity index (χ1v) is 10.4. The summed E-state index contributed by atoms with van der Waals surface area (Å²) in [5.74, 6) is 0.436. The Morgan fingerprint density at radius 2 is 1.84 bits per heavy atom. The van der Waals surface area contributed by atoms with Gasteiger partial charge in [0.15, 0.2) is 0 Å². The number of hydrogen-bond acceptors (Lipinski definition) is 5. The monoisotopic (exact) mass is 364 g/mol. The number of carbonyl (C=O) groups excluding carboxylic acids is 2.